The fourth-order valence-corrected chi connectivity index (χ4v) is 3.05. The van der Waals surface area contributed by atoms with Crippen molar-refractivity contribution in [2.45, 2.75) is 13.3 Å². The molecular formula is C18H19IN2O4. The monoisotopic (exact) mass is 454 g/mol. The minimum Gasteiger partial charge on any atom is -0.507 e. The number of hydrogen-bond donors (Lipinski definition) is 2. The van der Waals surface area contributed by atoms with E-state index in [4.69, 9.17) is 9.47 Å². The molecule has 2 aromatic rings. The summed E-state index contributed by atoms with van der Waals surface area (Å²) in [7, 11) is 3.10. The number of aromatic hydroxyl groups is 1. The Hall–Kier alpha value is -2.29. The Morgan fingerprint density at radius 3 is 2.64 bits per heavy atom. The van der Waals surface area contributed by atoms with Crippen LogP contribution in [0.2, 0.25) is 0 Å². The molecule has 0 bridgehead atoms. The number of rotatable bonds is 6. The number of amides is 1. The highest BCUT2D eigenvalue weighted by molar-refractivity contribution is 14.1. The van der Waals surface area contributed by atoms with Crippen molar-refractivity contribution < 1.29 is 19.4 Å². The fourth-order valence-electron chi connectivity index (χ4n) is 2.25. The van der Waals surface area contributed by atoms with Gasteiger partial charge in [-0.15, -0.1) is 0 Å². The SMILES string of the molecule is COc1ccc(CC(=O)NN=Cc2cc(I)cc(C)c2O)cc1OC. The first-order valence-corrected chi connectivity index (χ1v) is 8.54. The van der Waals surface area contributed by atoms with Gasteiger partial charge in [0.25, 0.3) is 0 Å². The smallest absolute Gasteiger partial charge is 0.244 e. The van der Waals surface area contributed by atoms with Gasteiger partial charge < -0.3 is 14.6 Å². The quantitative estimate of drug-likeness (QED) is 0.400. The third-order valence-corrected chi connectivity index (χ3v) is 4.12. The van der Waals surface area contributed by atoms with E-state index in [2.05, 4.69) is 33.1 Å². The lowest BCUT2D eigenvalue weighted by atomic mass is 10.1. The molecular weight excluding hydrogens is 435 g/mol. The van der Waals surface area contributed by atoms with E-state index < -0.39 is 0 Å². The van der Waals surface area contributed by atoms with Gasteiger partial charge in [-0.2, -0.15) is 5.10 Å². The van der Waals surface area contributed by atoms with Gasteiger partial charge in [0.15, 0.2) is 11.5 Å². The van der Waals surface area contributed by atoms with Crippen LogP contribution in [0.25, 0.3) is 0 Å². The van der Waals surface area contributed by atoms with Crippen LogP contribution >= 0.6 is 22.6 Å². The topological polar surface area (TPSA) is 80.2 Å². The molecule has 7 heteroatoms. The zero-order valence-electron chi connectivity index (χ0n) is 14.2. The Labute approximate surface area is 160 Å². The summed E-state index contributed by atoms with van der Waals surface area (Å²) in [6, 6.07) is 8.93. The van der Waals surface area contributed by atoms with Crippen LogP contribution in [0.5, 0.6) is 17.2 Å². The first-order chi connectivity index (χ1) is 11.9. The van der Waals surface area contributed by atoms with E-state index in [9.17, 15) is 9.90 Å². The number of halogens is 1. The summed E-state index contributed by atoms with van der Waals surface area (Å²) in [6.45, 7) is 1.81. The lowest BCUT2D eigenvalue weighted by Gasteiger charge is -2.09. The van der Waals surface area contributed by atoms with Crippen molar-refractivity contribution in [3.63, 3.8) is 0 Å². The second kappa shape index (κ2) is 8.70. The van der Waals surface area contributed by atoms with Gasteiger partial charge in [0, 0.05) is 9.13 Å². The Kier molecular flexibility index (Phi) is 6.63. The molecule has 2 rings (SSSR count). The van der Waals surface area contributed by atoms with Gasteiger partial charge in [0.05, 0.1) is 26.9 Å². The Morgan fingerprint density at radius 1 is 1.24 bits per heavy atom. The predicted octanol–water partition coefficient (Wildman–Crippen LogP) is 3.02. The molecule has 6 nitrogen and oxygen atoms in total. The van der Waals surface area contributed by atoms with Crippen LogP contribution in [0.15, 0.2) is 35.4 Å². The number of ether oxygens (including phenoxy) is 2. The first-order valence-electron chi connectivity index (χ1n) is 7.46. The number of nitrogens with one attached hydrogen (secondary N) is 1. The maximum Gasteiger partial charge on any atom is 0.244 e. The van der Waals surface area contributed by atoms with Gasteiger partial charge in [-0.3, -0.25) is 4.79 Å². The second-order valence-electron chi connectivity index (χ2n) is 5.32. The largest absolute Gasteiger partial charge is 0.507 e. The predicted molar refractivity (Wildman–Crippen MR) is 105 cm³/mol. The van der Waals surface area contributed by atoms with Gasteiger partial charge in [-0.1, -0.05) is 6.07 Å². The average Bonchev–Trinajstić information content (AvgIpc) is 2.58. The molecule has 25 heavy (non-hydrogen) atoms. The molecule has 0 fully saturated rings. The van der Waals surface area contributed by atoms with E-state index in [1.807, 2.05) is 13.0 Å². The van der Waals surface area contributed by atoms with Gasteiger partial charge >= 0.3 is 0 Å². The number of carbonyl (C=O) groups is 1. The lowest BCUT2D eigenvalue weighted by molar-refractivity contribution is -0.120. The number of carbonyl (C=O) groups excluding carboxylic acids is 1. The maximum atomic E-state index is 12.0. The standard InChI is InChI=1S/C18H19IN2O4/c1-11-6-14(19)9-13(18(11)23)10-20-21-17(22)8-12-4-5-15(24-2)16(7-12)25-3/h4-7,9-10,23H,8H2,1-3H3,(H,21,22). The highest BCUT2D eigenvalue weighted by Gasteiger charge is 2.08. The number of benzene rings is 2. The third-order valence-electron chi connectivity index (χ3n) is 3.50. The molecule has 0 spiro atoms. The van der Waals surface area contributed by atoms with Crippen LogP contribution in [0.3, 0.4) is 0 Å². The maximum absolute atomic E-state index is 12.0. The number of phenolic OH excluding ortho intramolecular Hbond substituents is 1. The summed E-state index contributed by atoms with van der Waals surface area (Å²) >= 11 is 2.16. The number of nitrogens with zero attached hydrogens (tertiary/aromatic N) is 1. The van der Waals surface area contributed by atoms with Crippen molar-refractivity contribution in [3.05, 3.63) is 50.6 Å². The van der Waals surface area contributed by atoms with Gasteiger partial charge in [-0.05, 0) is 64.9 Å². The molecule has 0 saturated heterocycles. The van der Waals surface area contributed by atoms with E-state index in [0.29, 0.717) is 17.1 Å². The molecule has 2 aromatic carbocycles. The zero-order chi connectivity index (χ0) is 18.4. The van der Waals surface area contributed by atoms with Gasteiger partial charge in [0.2, 0.25) is 5.91 Å². The van der Waals surface area contributed by atoms with Crippen molar-refractivity contribution >= 4 is 34.7 Å². The lowest BCUT2D eigenvalue weighted by Crippen LogP contribution is -2.19. The zero-order valence-corrected chi connectivity index (χ0v) is 16.3. The van der Waals surface area contributed by atoms with Crippen LogP contribution in [-0.2, 0) is 11.2 Å². The summed E-state index contributed by atoms with van der Waals surface area (Å²) in [4.78, 5) is 12.0. The minimum atomic E-state index is -0.273. The number of phenols is 1. The van der Waals surface area contributed by atoms with Gasteiger partial charge in [-0.25, -0.2) is 5.43 Å². The molecule has 0 aliphatic rings. The summed E-state index contributed by atoms with van der Waals surface area (Å²) in [5.41, 5.74) is 4.54. The van der Waals surface area contributed by atoms with E-state index in [1.165, 1.54) is 6.21 Å². The van der Waals surface area contributed by atoms with E-state index in [-0.39, 0.29) is 18.1 Å². The molecule has 0 radical (unpaired) electrons. The van der Waals surface area contributed by atoms with Gasteiger partial charge in [0.1, 0.15) is 5.75 Å². The van der Waals surface area contributed by atoms with Crippen molar-refractivity contribution in [2.75, 3.05) is 14.2 Å². The van der Waals surface area contributed by atoms with Crippen LogP contribution in [-0.4, -0.2) is 31.4 Å². The Bertz CT molecular complexity index is 806. The summed E-state index contributed by atoms with van der Waals surface area (Å²) < 4.78 is 11.4. The van der Waals surface area contributed by atoms with Crippen molar-refractivity contribution in [1.29, 1.82) is 0 Å². The van der Waals surface area contributed by atoms with Crippen molar-refractivity contribution in [3.8, 4) is 17.2 Å². The Balaban J connectivity index is 2.01. The average molecular weight is 454 g/mol. The second-order valence-corrected chi connectivity index (χ2v) is 6.57. The summed E-state index contributed by atoms with van der Waals surface area (Å²) in [5.74, 6) is 1.05. The summed E-state index contributed by atoms with van der Waals surface area (Å²) in [5, 5.41) is 13.9. The number of hydrogen-bond acceptors (Lipinski definition) is 5. The van der Waals surface area contributed by atoms with Crippen LogP contribution in [0, 0.1) is 10.5 Å². The molecule has 132 valence electrons. The third kappa shape index (κ3) is 5.09. The van der Waals surface area contributed by atoms with Crippen LogP contribution in [0.1, 0.15) is 16.7 Å². The molecule has 0 atom stereocenters. The molecule has 1 amide bonds. The van der Waals surface area contributed by atoms with Crippen LogP contribution in [0.4, 0.5) is 0 Å². The van der Waals surface area contributed by atoms with E-state index in [1.54, 1.807) is 38.5 Å². The van der Waals surface area contributed by atoms with Crippen molar-refractivity contribution in [1.82, 2.24) is 5.43 Å². The Morgan fingerprint density at radius 2 is 1.96 bits per heavy atom. The summed E-state index contributed by atoms with van der Waals surface area (Å²) in [6.07, 6.45) is 1.58. The number of hydrazone groups is 1. The van der Waals surface area contributed by atoms with Crippen molar-refractivity contribution in [2.24, 2.45) is 5.10 Å². The molecule has 0 aromatic heterocycles. The molecule has 0 heterocycles. The molecule has 0 unspecified atom stereocenters. The normalized spacial score (nSPS) is 10.7. The van der Waals surface area contributed by atoms with Crippen LogP contribution < -0.4 is 14.9 Å². The highest BCUT2D eigenvalue weighted by Crippen LogP contribution is 2.27. The minimum absolute atomic E-state index is 0.148. The number of methoxy groups -OCH3 is 2. The molecule has 0 saturated carbocycles. The number of aryl methyl sites for hydroxylation is 1. The first kappa shape index (κ1) is 19.0. The molecule has 0 aliphatic carbocycles. The fraction of sp³-hybridized carbons (Fsp3) is 0.222. The highest BCUT2D eigenvalue weighted by atomic mass is 127. The van der Waals surface area contributed by atoms with E-state index in [0.717, 1.165) is 14.7 Å². The molecule has 0 aliphatic heterocycles. The molecule has 2 N–H and O–H groups in total. The van der Waals surface area contributed by atoms with E-state index >= 15 is 0 Å².